The van der Waals surface area contributed by atoms with Gasteiger partial charge in [-0.25, -0.2) is 9.97 Å². The molecule has 4 rings (SSSR count). The molecule has 1 aromatic heterocycles. The third kappa shape index (κ3) is 3.54. The normalized spacial score (nSPS) is 17.2. The summed E-state index contributed by atoms with van der Waals surface area (Å²) in [5.41, 5.74) is 2.13. The molecular weight excluding hydrogens is 342 g/mol. The Balaban J connectivity index is 1.57. The molecule has 1 fully saturated rings. The molecule has 2 aliphatic rings. The molecule has 2 aromatic rings. The van der Waals surface area contributed by atoms with E-state index in [4.69, 9.17) is 4.74 Å². The van der Waals surface area contributed by atoms with Gasteiger partial charge >= 0.3 is 0 Å². The molecule has 1 saturated carbocycles. The second kappa shape index (κ2) is 7.42. The summed E-state index contributed by atoms with van der Waals surface area (Å²) in [6, 6.07) is 8.31. The monoisotopic (exact) mass is 367 g/mol. The van der Waals surface area contributed by atoms with Crippen molar-refractivity contribution in [1.82, 2.24) is 14.9 Å². The minimum atomic E-state index is 0.168. The van der Waals surface area contributed by atoms with Crippen LogP contribution in [0.25, 0.3) is 0 Å². The second-order valence-corrected chi connectivity index (χ2v) is 7.19. The second-order valence-electron chi connectivity index (χ2n) is 7.19. The van der Waals surface area contributed by atoms with E-state index >= 15 is 0 Å². The van der Waals surface area contributed by atoms with Crippen molar-refractivity contribution in [1.29, 1.82) is 0 Å². The average molecular weight is 367 g/mol. The first kappa shape index (κ1) is 17.6. The number of hydrogen-bond acceptors (Lipinski definition) is 6. The lowest BCUT2D eigenvalue weighted by Crippen LogP contribution is -2.45. The highest BCUT2D eigenvalue weighted by atomic mass is 16.5. The molecule has 1 aromatic carbocycles. The van der Waals surface area contributed by atoms with E-state index in [1.165, 1.54) is 6.42 Å². The van der Waals surface area contributed by atoms with Crippen LogP contribution in [-0.4, -0.2) is 47.5 Å². The number of carbonyl (C=O) groups is 1. The van der Waals surface area contributed by atoms with Crippen molar-refractivity contribution in [2.24, 2.45) is 0 Å². The van der Waals surface area contributed by atoms with Gasteiger partial charge in [-0.1, -0.05) is 12.1 Å². The van der Waals surface area contributed by atoms with Gasteiger partial charge in [0.05, 0.1) is 25.8 Å². The fourth-order valence-electron chi connectivity index (χ4n) is 3.62. The van der Waals surface area contributed by atoms with Crippen LogP contribution in [0.5, 0.6) is 5.75 Å². The van der Waals surface area contributed by atoms with E-state index in [9.17, 15) is 4.79 Å². The van der Waals surface area contributed by atoms with Crippen LogP contribution in [0.1, 0.15) is 30.4 Å². The lowest BCUT2D eigenvalue weighted by atomic mass is 9.91. The maximum Gasteiger partial charge on any atom is 0.242 e. The molecule has 7 heteroatoms. The van der Waals surface area contributed by atoms with Gasteiger partial charge in [-0.15, -0.1) is 0 Å². The average Bonchev–Trinajstić information content (AvgIpc) is 2.76. The number of fused-ring (bicyclic) bond motifs is 1. The molecule has 142 valence electrons. The summed E-state index contributed by atoms with van der Waals surface area (Å²) >= 11 is 0. The predicted octanol–water partition coefficient (Wildman–Crippen LogP) is 2.43. The summed E-state index contributed by atoms with van der Waals surface area (Å²) in [5, 5.41) is 3.43. The van der Waals surface area contributed by atoms with Gasteiger partial charge in [-0.3, -0.25) is 4.79 Å². The largest absolute Gasteiger partial charge is 0.497 e. The zero-order valence-electron chi connectivity index (χ0n) is 15.8. The SMILES string of the molecule is COc1ccc(CNc2ncnc3c2CN(C2CCC2)C(=O)CN3C)cc1. The third-order valence-electron chi connectivity index (χ3n) is 5.44. The lowest BCUT2D eigenvalue weighted by Gasteiger charge is -2.37. The standard InChI is InChI=1S/C20H25N5O2/c1-24-12-18(26)25(15-4-3-5-15)11-17-19(22-13-23-20(17)24)21-10-14-6-8-16(27-2)9-7-14/h6-9,13,15H,3-5,10-12H2,1-2H3,(H,21,22,23). The molecule has 0 saturated heterocycles. The van der Waals surface area contributed by atoms with Gasteiger partial charge in [-0.05, 0) is 37.0 Å². The highest BCUT2D eigenvalue weighted by Crippen LogP contribution is 2.33. The Morgan fingerprint density at radius 3 is 2.63 bits per heavy atom. The van der Waals surface area contributed by atoms with Crippen LogP contribution in [-0.2, 0) is 17.9 Å². The van der Waals surface area contributed by atoms with Crippen molar-refractivity contribution in [3.05, 3.63) is 41.7 Å². The summed E-state index contributed by atoms with van der Waals surface area (Å²) in [6.07, 6.45) is 4.94. The highest BCUT2D eigenvalue weighted by molar-refractivity contribution is 5.84. The molecule has 27 heavy (non-hydrogen) atoms. The topological polar surface area (TPSA) is 70.6 Å². The van der Waals surface area contributed by atoms with Crippen LogP contribution in [0.15, 0.2) is 30.6 Å². The summed E-state index contributed by atoms with van der Waals surface area (Å²) in [7, 11) is 3.58. The van der Waals surface area contributed by atoms with Crippen LogP contribution in [0.3, 0.4) is 0 Å². The number of rotatable bonds is 5. The molecular formula is C20H25N5O2. The number of methoxy groups -OCH3 is 1. The number of nitrogens with one attached hydrogen (secondary N) is 1. The molecule has 0 radical (unpaired) electrons. The maximum atomic E-state index is 12.7. The molecule has 0 bridgehead atoms. The number of likely N-dealkylation sites (N-methyl/N-ethyl adjacent to an activating group) is 1. The molecule has 0 spiro atoms. The number of nitrogens with zero attached hydrogens (tertiary/aromatic N) is 4. The van der Waals surface area contributed by atoms with E-state index in [2.05, 4.69) is 15.3 Å². The minimum Gasteiger partial charge on any atom is -0.497 e. The number of ether oxygens (including phenoxy) is 1. The van der Waals surface area contributed by atoms with Gasteiger partial charge in [0.1, 0.15) is 23.7 Å². The zero-order valence-corrected chi connectivity index (χ0v) is 15.8. The zero-order chi connectivity index (χ0) is 18.8. The van der Waals surface area contributed by atoms with Crippen LogP contribution >= 0.6 is 0 Å². The fraction of sp³-hybridized carbons (Fsp3) is 0.450. The molecule has 0 unspecified atom stereocenters. The Labute approximate surface area is 159 Å². The van der Waals surface area contributed by atoms with E-state index in [0.717, 1.165) is 41.4 Å². The fourth-order valence-corrected chi connectivity index (χ4v) is 3.62. The number of aromatic nitrogens is 2. The van der Waals surface area contributed by atoms with Crippen LogP contribution < -0.4 is 15.0 Å². The first-order valence-corrected chi connectivity index (χ1v) is 9.37. The predicted molar refractivity (Wildman–Crippen MR) is 104 cm³/mol. The summed E-state index contributed by atoms with van der Waals surface area (Å²) in [5.74, 6) is 2.63. The summed E-state index contributed by atoms with van der Waals surface area (Å²) < 4.78 is 5.21. The van der Waals surface area contributed by atoms with Crippen molar-refractivity contribution in [3.63, 3.8) is 0 Å². The molecule has 1 amide bonds. The Hall–Kier alpha value is -2.83. The molecule has 1 aliphatic carbocycles. The van der Waals surface area contributed by atoms with Crippen LogP contribution in [0, 0.1) is 0 Å². The van der Waals surface area contributed by atoms with Gasteiger partial charge in [-0.2, -0.15) is 0 Å². The molecule has 1 N–H and O–H groups in total. The van der Waals surface area contributed by atoms with Gasteiger partial charge in [0, 0.05) is 19.6 Å². The molecule has 2 heterocycles. The van der Waals surface area contributed by atoms with Gasteiger partial charge < -0.3 is 19.9 Å². The van der Waals surface area contributed by atoms with Crippen molar-refractivity contribution in [2.45, 2.75) is 38.4 Å². The summed E-state index contributed by atoms with van der Waals surface area (Å²) in [4.78, 5) is 25.5. The van der Waals surface area contributed by atoms with Crippen molar-refractivity contribution < 1.29 is 9.53 Å². The van der Waals surface area contributed by atoms with Crippen LogP contribution in [0.4, 0.5) is 11.6 Å². The number of amides is 1. The Bertz CT molecular complexity index is 820. The Morgan fingerprint density at radius 2 is 1.96 bits per heavy atom. The Kier molecular flexibility index (Phi) is 4.83. The number of hydrogen-bond donors (Lipinski definition) is 1. The number of carbonyl (C=O) groups excluding carboxylic acids is 1. The van der Waals surface area contributed by atoms with Crippen molar-refractivity contribution in [3.8, 4) is 5.75 Å². The minimum absolute atomic E-state index is 0.168. The van der Waals surface area contributed by atoms with Gasteiger partial charge in [0.25, 0.3) is 0 Å². The van der Waals surface area contributed by atoms with Crippen molar-refractivity contribution in [2.75, 3.05) is 30.9 Å². The van der Waals surface area contributed by atoms with E-state index in [0.29, 0.717) is 25.7 Å². The van der Waals surface area contributed by atoms with E-state index in [1.54, 1.807) is 13.4 Å². The number of benzene rings is 1. The molecule has 0 atom stereocenters. The Morgan fingerprint density at radius 1 is 1.19 bits per heavy atom. The van der Waals surface area contributed by atoms with Gasteiger partial charge in [0.2, 0.25) is 5.91 Å². The van der Waals surface area contributed by atoms with Crippen LogP contribution in [0.2, 0.25) is 0 Å². The van der Waals surface area contributed by atoms with E-state index in [1.807, 2.05) is 41.1 Å². The quantitative estimate of drug-likeness (QED) is 0.875. The first-order chi connectivity index (χ1) is 13.2. The van der Waals surface area contributed by atoms with Crippen molar-refractivity contribution >= 4 is 17.5 Å². The lowest BCUT2D eigenvalue weighted by molar-refractivity contribution is -0.134. The van der Waals surface area contributed by atoms with Gasteiger partial charge in [0.15, 0.2) is 0 Å². The smallest absolute Gasteiger partial charge is 0.242 e. The molecule has 7 nitrogen and oxygen atoms in total. The third-order valence-corrected chi connectivity index (χ3v) is 5.44. The maximum absolute atomic E-state index is 12.7. The highest BCUT2D eigenvalue weighted by Gasteiger charge is 2.34. The number of anilines is 2. The molecule has 1 aliphatic heterocycles. The van der Waals surface area contributed by atoms with E-state index < -0.39 is 0 Å². The van der Waals surface area contributed by atoms with E-state index in [-0.39, 0.29) is 5.91 Å². The first-order valence-electron chi connectivity index (χ1n) is 9.37. The summed E-state index contributed by atoms with van der Waals surface area (Å²) in [6.45, 7) is 1.57.